The highest BCUT2D eigenvalue weighted by Gasteiger charge is 2.64. The van der Waals surface area contributed by atoms with Crippen LogP contribution in [0, 0.1) is 5.41 Å². The van der Waals surface area contributed by atoms with E-state index in [9.17, 15) is 14.7 Å². The maximum atomic E-state index is 13.9. The number of likely N-dealkylation sites (tertiary alicyclic amines) is 2. The fourth-order valence-corrected chi connectivity index (χ4v) is 6.61. The second kappa shape index (κ2) is 7.36. The molecule has 0 unspecified atom stereocenters. The second-order valence-corrected chi connectivity index (χ2v) is 9.51. The molecule has 0 radical (unpaired) electrons. The van der Waals surface area contributed by atoms with Crippen molar-refractivity contribution >= 4 is 11.8 Å². The number of hydrogen-bond donors (Lipinski definition) is 1. The number of amides is 2. The lowest BCUT2D eigenvalue weighted by atomic mass is 9.64. The molecule has 3 aliphatic rings. The quantitative estimate of drug-likeness (QED) is 0.828. The molecule has 1 N–H and O–H groups in total. The highest BCUT2D eigenvalue weighted by atomic mass is 16.3. The molecule has 2 aliphatic heterocycles. The Bertz CT molecular complexity index is 1010. The number of nitrogens with zero attached hydrogens (tertiary/aromatic N) is 3. The van der Waals surface area contributed by atoms with Crippen molar-refractivity contribution in [2.75, 3.05) is 0 Å². The molecule has 162 valence electrons. The van der Waals surface area contributed by atoms with E-state index >= 15 is 0 Å². The molecule has 3 fully saturated rings. The largest absolute Gasteiger partial charge is 0.505 e. The van der Waals surface area contributed by atoms with Crippen LogP contribution in [0.1, 0.15) is 55.6 Å². The summed E-state index contributed by atoms with van der Waals surface area (Å²) in [6.45, 7) is 3.90. The van der Waals surface area contributed by atoms with Crippen LogP contribution in [0.5, 0.6) is 5.75 Å². The zero-order chi connectivity index (χ0) is 21.8. The van der Waals surface area contributed by atoms with Gasteiger partial charge in [-0.15, -0.1) is 0 Å². The van der Waals surface area contributed by atoms with E-state index < -0.39 is 0 Å². The van der Waals surface area contributed by atoms with Gasteiger partial charge in [-0.2, -0.15) is 0 Å². The molecule has 6 heteroatoms. The first kappa shape index (κ1) is 20.0. The maximum Gasteiger partial charge on any atom is 0.276 e. The number of piperidine rings is 1. The van der Waals surface area contributed by atoms with E-state index in [2.05, 4.69) is 28.9 Å². The van der Waals surface area contributed by atoms with Crippen molar-refractivity contribution in [2.24, 2.45) is 5.41 Å². The fraction of sp³-hybridized carbons (Fsp3) is 0.480. The van der Waals surface area contributed by atoms with Crippen molar-refractivity contribution in [3.8, 4) is 5.75 Å². The number of fused-ring (bicyclic) bond motifs is 1. The number of aromatic nitrogens is 1. The lowest BCUT2D eigenvalue weighted by molar-refractivity contribution is -0.133. The van der Waals surface area contributed by atoms with Crippen LogP contribution in [-0.2, 0) is 11.2 Å². The van der Waals surface area contributed by atoms with Crippen molar-refractivity contribution in [1.82, 2.24) is 14.8 Å². The Morgan fingerprint density at radius 2 is 1.81 bits per heavy atom. The summed E-state index contributed by atoms with van der Waals surface area (Å²) in [5.41, 5.74) is 1.10. The molecule has 2 amide bonds. The zero-order valence-electron chi connectivity index (χ0n) is 18.1. The molecule has 1 aliphatic carbocycles. The van der Waals surface area contributed by atoms with Gasteiger partial charge in [0.25, 0.3) is 5.91 Å². The van der Waals surface area contributed by atoms with Crippen molar-refractivity contribution in [2.45, 2.75) is 70.1 Å². The van der Waals surface area contributed by atoms with Gasteiger partial charge < -0.3 is 14.9 Å². The molecule has 0 spiro atoms. The smallest absolute Gasteiger partial charge is 0.276 e. The molecule has 5 rings (SSSR count). The first-order valence-electron chi connectivity index (χ1n) is 11.2. The SMILES string of the molecule is CC(=O)N1[C@H]2CCC[C@H]3N(C(=O)c4ncccc4O)[C@@H](Cc4ccccc4)[C@@H]1C[C@@]23C. The maximum absolute atomic E-state index is 13.9. The van der Waals surface area contributed by atoms with Gasteiger partial charge in [-0.25, -0.2) is 4.98 Å². The van der Waals surface area contributed by atoms with Crippen LogP contribution in [-0.4, -0.2) is 55.9 Å². The molecule has 5 atom stereocenters. The number of carbonyl (C=O) groups excluding carboxylic acids is 2. The van der Waals surface area contributed by atoms with Gasteiger partial charge in [-0.1, -0.05) is 37.3 Å². The average molecular weight is 420 g/mol. The minimum atomic E-state index is -0.231. The van der Waals surface area contributed by atoms with Crippen LogP contribution < -0.4 is 0 Å². The van der Waals surface area contributed by atoms with Gasteiger partial charge in [-0.3, -0.25) is 9.59 Å². The predicted octanol–water partition coefficient (Wildman–Crippen LogP) is 3.40. The van der Waals surface area contributed by atoms with Gasteiger partial charge in [0, 0.05) is 30.6 Å². The minimum Gasteiger partial charge on any atom is -0.505 e. The first-order valence-corrected chi connectivity index (χ1v) is 11.2. The van der Waals surface area contributed by atoms with E-state index in [4.69, 9.17) is 0 Å². The standard InChI is InChI=1S/C25H29N3O3/c1-16(29)27-19-15-25(2)21(27)11-6-12-22(25)28(18(19)14-17-8-4-3-5-9-17)24(31)23-20(30)10-7-13-26-23/h3-5,7-10,13,18-19,21-22,30H,6,11-12,14-15H2,1-2H3/t18-,19-,21-,22+,25-/m0/s1. The van der Waals surface area contributed by atoms with Crippen molar-refractivity contribution in [3.05, 3.63) is 59.9 Å². The van der Waals surface area contributed by atoms with Crippen LogP contribution >= 0.6 is 0 Å². The first-order chi connectivity index (χ1) is 14.9. The number of carbonyl (C=O) groups is 2. The summed E-state index contributed by atoms with van der Waals surface area (Å²) < 4.78 is 0. The molecule has 6 nitrogen and oxygen atoms in total. The van der Waals surface area contributed by atoms with Gasteiger partial charge in [0.05, 0.1) is 12.1 Å². The van der Waals surface area contributed by atoms with E-state index in [-0.39, 0.29) is 52.8 Å². The van der Waals surface area contributed by atoms with Gasteiger partial charge in [-0.05, 0) is 49.8 Å². The Labute approximate surface area is 182 Å². The average Bonchev–Trinajstić information content (AvgIpc) is 3.07. The highest BCUT2D eigenvalue weighted by molar-refractivity contribution is 5.95. The van der Waals surface area contributed by atoms with Crippen LogP contribution in [0.2, 0.25) is 0 Å². The molecule has 1 aromatic heterocycles. The Balaban J connectivity index is 1.63. The third-order valence-corrected chi connectivity index (χ3v) is 7.83. The molecule has 1 aromatic carbocycles. The summed E-state index contributed by atoms with van der Waals surface area (Å²) in [7, 11) is 0. The van der Waals surface area contributed by atoms with E-state index in [1.54, 1.807) is 19.2 Å². The number of rotatable bonds is 3. The monoisotopic (exact) mass is 419 g/mol. The summed E-state index contributed by atoms with van der Waals surface area (Å²) in [5.74, 6) is -0.233. The Hall–Kier alpha value is -2.89. The third kappa shape index (κ3) is 3.03. The number of benzene rings is 1. The van der Waals surface area contributed by atoms with Crippen LogP contribution in [0.25, 0.3) is 0 Å². The summed E-state index contributed by atoms with van der Waals surface area (Å²) in [4.78, 5) is 34.9. The normalized spacial score (nSPS) is 31.5. The molecule has 2 aromatic rings. The molecule has 1 saturated carbocycles. The lowest BCUT2D eigenvalue weighted by Gasteiger charge is -2.52. The van der Waals surface area contributed by atoms with E-state index in [0.29, 0.717) is 6.42 Å². The molecular formula is C25H29N3O3. The molecule has 3 heterocycles. The zero-order valence-corrected chi connectivity index (χ0v) is 18.1. The fourth-order valence-electron chi connectivity index (χ4n) is 6.61. The van der Waals surface area contributed by atoms with Crippen molar-refractivity contribution in [1.29, 1.82) is 0 Å². The molecular weight excluding hydrogens is 390 g/mol. The Morgan fingerprint density at radius 1 is 1.10 bits per heavy atom. The van der Waals surface area contributed by atoms with Crippen LogP contribution in [0.4, 0.5) is 0 Å². The van der Waals surface area contributed by atoms with Gasteiger partial charge >= 0.3 is 0 Å². The number of aromatic hydroxyl groups is 1. The van der Waals surface area contributed by atoms with Crippen LogP contribution in [0.15, 0.2) is 48.7 Å². The van der Waals surface area contributed by atoms with E-state index in [1.807, 2.05) is 23.1 Å². The number of hydrogen-bond acceptors (Lipinski definition) is 4. The minimum absolute atomic E-state index is 0.0227. The van der Waals surface area contributed by atoms with Gasteiger partial charge in [0.2, 0.25) is 5.91 Å². The Morgan fingerprint density at radius 3 is 2.48 bits per heavy atom. The summed E-state index contributed by atoms with van der Waals surface area (Å²) in [6.07, 6.45) is 6.02. The summed E-state index contributed by atoms with van der Waals surface area (Å²) in [5, 5.41) is 10.4. The number of pyridine rings is 1. The highest BCUT2D eigenvalue weighted by Crippen LogP contribution is 2.56. The topological polar surface area (TPSA) is 73.7 Å². The van der Waals surface area contributed by atoms with Crippen molar-refractivity contribution in [3.63, 3.8) is 0 Å². The van der Waals surface area contributed by atoms with E-state index in [0.717, 1.165) is 31.2 Å². The molecule has 31 heavy (non-hydrogen) atoms. The van der Waals surface area contributed by atoms with Crippen molar-refractivity contribution < 1.29 is 14.7 Å². The predicted molar refractivity (Wildman–Crippen MR) is 116 cm³/mol. The van der Waals surface area contributed by atoms with E-state index in [1.165, 1.54) is 6.07 Å². The lowest BCUT2D eigenvalue weighted by Crippen LogP contribution is -2.62. The summed E-state index contributed by atoms with van der Waals surface area (Å²) in [6, 6.07) is 13.3. The second-order valence-electron chi connectivity index (χ2n) is 9.51. The van der Waals surface area contributed by atoms with Crippen LogP contribution in [0.3, 0.4) is 0 Å². The summed E-state index contributed by atoms with van der Waals surface area (Å²) >= 11 is 0. The third-order valence-electron chi connectivity index (χ3n) is 7.83. The Kier molecular flexibility index (Phi) is 4.76. The molecule has 2 bridgehead atoms. The molecule has 2 saturated heterocycles. The van der Waals surface area contributed by atoms with Gasteiger partial charge in [0.1, 0.15) is 5.75 Å². The van der Waals surface area contributed by atoms with Gasteiger partial charge in [0.15, 0.2) is 5.69 Å².